The summed E-state index contributed by atoms with van der Waals surface area (Å²) in [4.78, 5) is 5.45. The van der Waals surface area contributed by atoms with Crippen molar-refractivity contribution in [2.75, 3.05) is 0 Å². The first-order chi connectivity index (χ1) is 5.52. The zero-order valence-electron chi connectivity index (χ0n) is 7.16. The highest BCUT2D eigenvalue weighted by atomic mass is 19.4. The van der Waals surface area contributed by atoms with Crippen molar-refractivity contribution >= 4 is 0 Å². The van der Waals surface area contributed by atoms with Gasteiger partial charge in [-0.1, -0.05) is 13.8 Å². The third kappa shape index (κ3) is 2.56. The van der Waals surface area contributed by atoms with Gasteiger partial charge in [0, 0.05) is 5.69 Å². The maximum Gasteiger partial charge on any atom is 0.435 e. The van der Waals surface area contributed by atoms with E-state index in [9.17, 15) is 13.2 Å². The van der Waals surface area contributed by atoms with E-state index in [0.717, 1.165) is 6.33 Å². The molecule has 2 nitrogen and oxygen atoms in total. The van der Waals surface area contributed by atoms with E-state index in [1.54, 1.807) is 0 Å². The minimum atomic E-state index is -4.33. The van der Waals surface area contributed by atoms with E-state index in [0.29, 0.717) is 0 Å². The molecule has 0 saturated carbocycles. The first-order valence-corrected chi connectivity index (χ1v) is 3.59. The molecule has 70 valence electrons. The third-order valence-electron chi connectivity index (χ3n) is 1.10. The summed E-state index contributed by atoms with van der Waals surface area (Å²) in [7, 11) is 0. The van der Waals surface area contributed by atoms with Crippen molar-refractivity contribution in [2.45, 2.75) is 26.9 Å². The highest BCUT2D eigenvalue weighted by molar-refractivity contribution is 5.11. The highest BCUT2D eigenvalue weighted by Gasteiger charge is 2.34. The molecule has 0 aliphatic rings. The number of H-pyrrole nitrogens is 1. The fourth-order valence-electron chi connectivity index (χ4n) is 0.645. The standard InChI is InChI=1S/C5H5F3N2.C2H6/c1-3-4(5(6,7)8)10-2-9-3;1-2/h2H,1H3,(H,9,10);1-2H3. The topological polar surface area (TPSA) is 28.7 Å². The number of aromatic amines is 1. The number of aryl methyl sites for hydroxylation is 1. The molecule has 0 fully saturated rings. The van der Waals surface area contributed by atoms with Crippen molar-refractivity contribution in [1.29, 1.82) is 0 Å². The van der Waals surface area contributed by atoms with E-state index < -0.39 is 11.9 Å². The van der Waals surface area contributed by atoms with Crippen LogP contribution >= 0.6 is 0 Å². The van der Waals surface area contributed by atoms with Crippen molar-refractivity contribution in [3.8, 4) is 0 Å². The molecule has 0 amide bonds. The molecule has 1 aromatic heterocycles. The lowest BCUT2D eigenvalue weighted by atomic mass is 10.3. The van der Waals surface area contributed by atoms with Gasteiger partial charge in [0.25, 0.3) is 0 Å². The predicted molar refractivity (Wildman–Crippen MR) is 39.7 cm³/mol. The molecule has 5 heteroatoms. The number of nitrogens with zero attached hydrogens (tertiary/aromatic N) is 1. The van der Waals surface area contributed by atoms with Crippen molar-refractivity contribution in [3.05, 3.63) is 17.7 Å². The summed E-state index contributed by atoms with van der Waals surface area (Å²) in [5.74, 6) is 0. The van der Waals surface area contributed by atoms with Crippen LogP contribution in [0.4, 0.5) is 13.2 Å². The van der Waals surface area contributed by atoms with Gasteiger partial charge in [-0.3, -0.25) is 0 Å². The zero-order chi connectivity index (χ0) is 9.78. The summed E-state index contributed by atoms with van der Waals surface area (Å²) < 4.78 is 35.4. The van der Waals surface area contributed by atoms with E-state index in [2.05, 4.69) is 9.97 Å². The minimum Gasteiger partial charge on any atom is -0.348 e. The largest absolute Gasteiger partial charge is 0.435 e. The van der Waals surface area contributed by atoms with Gasteiger partial charge in [0.1, 0.15) is 0 Å². The van der Waals surface area contributed by atoms with Crippen molar-refractivity contribution in [1.82, 2.24) is 9.97 Å². The Bertz CT molecular complexity index is 227. The summed E-state index contributed by atoms with van der Waals surface area (Å²) in [5, 5.41) is 0. The molecule has 0 aromatic carbocycles. The van der Waals surface area contributed by atoms with Crippen molar-refractivity contribution < 1.29 is 13.2 Å². The molecular weight excluding hydrogens is 169 g/mol. The van der Waals surface area contributed by atoms with Crippen LogP contribution in [0.2, 0.25) is 0 Å². The van der Waals surface area contributed by atoms with Crippen LogP contribution in [0.25, 0.3) is 0 Å². The van der Waals surface area contributed by atoms with Crippen LogP contribution in [0.5, 0.6) is 0 Å². The summed E-state index contributed by atoms with van der Waals surface area (Å²) in [5.41, 5.74) is -0.792. The number of nitrogens with one attached hydrogen (secondary N) is 1. The maximum absolute atomic E-state index is 11.8. The van der Waals surface area contributed by atoms with Gasteiger partial charge < -0.3 is 4.98 Å². The second-order valence-electron chi connectivity index (χ2n) is 1.87. The lowest BCUT2D eigenvalue weighted by molar-refractivity contribution is -0.141. The Morgan fingerprint density at radius 1 is 1.33 bits per heavy atom. The zero-order valence-corrected chi connectivity index (χ0v) is 7.16. The maximum atomic E-state index is 11.8. The van der Waals surface area contributed by atoms with Crippen molar-refractivity contribution in [2.24, 2.45) is 0 Å². The molecular formula is C7H11F3N2. The molecule has 0 unspecified atom stereocenters. The van der Waals surface area contributed by atoms with Gasteiger partial charge in [-0.15, -0.1) is 0 Å². The first kappa shape index (κ1) is 11.0. The molecule has 0 saturated heterocycles. The van der Waals surface area contributed by atoms with Gasteiger partial charge in [0.2, 0.25) is 0 Å². The van der Waals surface area contributed by atoms with Crippen LogP contribution in [0.1, 0.15) is 25.2 Å². The Morgan fingerprint density at radius 3 is 2.00 bits per heavy atom. The monoisotopic (exact) mass is 180 g/mol. The lowest BCUT2D eigenvalue weighted by Crippen LogP contribution is -2.06. The lowest BCUT2D eigenvalue weighted by Gasteiger charge is -2.01. The summed E-state index contributed by atoms with van der Waals surface area (Å²) >= 11 is 0. The normalized spacial score (nSPS) is 10.5. The molecule has 12 heavy (non-hydrogen) atoms. The summed E-state index contributed by atoms with van der Waals surface area (Å²) in [6.45, 7) is 5.33. The Kier molecular flexibility index (Phi) is 3.79. The average Bonchev–Trinajstić information content (AvgIpc) is 2.38. The molecule has 0 bridgehead atoms. The Labute approximate surface area is 68.8 Å². The van der Waals surface area contributed by atoms with Gasteiger partial charge >= 0.3 is 6.18 Å². The van der Waals surface area contributed by atoms with E-state index in [-0.39, 0.29) is 5.69 Å². The molecule has 1 N–H and O–H groups in total. The van der Waals surface area contributed by atoms with Gasteiger partial charge in [-0.2, -0.15) is 13.2 Å². The smallest absolute Gasteiger partial charge is 0.348 e. The Balaban J connectivity index is 0.000000561. The van der Waals surface area contributed by atoms with Crippen molar-refractivity contribution in [3.63, 3.8) is 0 Å². The first-order valence-electron chi connectivity index (χ1n) is 3.59. The van der Waals surface area contributed by atoms with Gasteiger partial charge in [0.05, 0.1) is 6.33 Å². The molecule has 0 aliphatic heterocycles. The van der Waals surface area contributed by atoms with E-state index in [1.807, 2.05) is 13.8 Å². The van der Waals surface area contributed by atoms with Crippen LogP contribution in [0.3, 0.4) is 0 Å². The molecule has 0 aliphatic carbocycles. The molecule has 0 radical (unpaired) electrons. The average molecular weight is 180 g/mol. The fraction of sp³-hybridized carbons (Fsp3) is 0.571. The molecule has 1 aromatic rings. The molecule has 1 rings (SSSR count). The summed E-state index contributed by atoms with van der Waals surface area (Å²) in [6.07, 6.45) is -3.30. The summed E-state index contributed by atoms with van der Waals surface area (Å²) in [6, 6.07) is 0. The van der Waals surface area contributed by atoms with Crippen LogP contribution in [0, 0.1) is 6.92 Å². The number of halogens is 3. The number of rotatable bonds is 0. The molecule has 0 spiro atoms. The highest BCUT2D eigenvalue weighted by Crippen LogP contribution is 2.28. The van der Waals surface area contributed by atoms with Crippen LogP contribution in [-0.4, -0.2) is 9.97 Å². The van der Waals surface area contributed by atoms with Crippen LogP contribution < -0.4 is 0 Å². The number of imidazole rings is 1. The number of hydrogen-bond acceptors (Lipinski definition) is 1. The van der Waals surface area contributed by atoms with Crippen LogP contribution in [-0.2, 0) is 6.18 Å². The Hall–Kier alpha value is -1.00. The quantitative estimate of drug-likeness (QED) is 0.653. The van der Waals surface area contributed by atoms with E-state index in [1.165, 1.54) is 6.92 Å². The predicted octanol–water partition coefficient (Wildman–Crippen LogP) is 2.76. The number of alkyl halides is 3. The number of aromatic nitrogens is 2. The van der Waals surface area contributed by atoms with Gasteiger partial charge in [0.15, 0.2) is 5.69 Å². The van der Waals surface area contributed by atoms with Gasteiger partial charge in [-0.25, -0.2) is 4.98 Å². The molecule has 0 atom stereocenters. The number of hydrogen-bond donors (Lipinski definition) is 1. The van der Waals surface area contributed by atoms with Crippen LogP contribution in [0.15, 0.2) is 6.33 Å². The molecule has 1 heterocycles. The van der Waals surface area contributed by atoms with Gasteiger partial charge in [-0.05, 0) is 6.92 Å². The Morgan fingerprint density at radius 2 is 1.83 bits per heavy atom. The van der Waals surface area contributed by atoms with E-state index >= 15 is 0 Å². The second-order valence-corrected chi connectivity index (χ2v) is 1.87. The fourth-order valence-corrected chi connectivity index (χ4v) is 0.645. The SMILES string of the molecule is CC.Cc1[nH]cnc1C(F)(F)F. The second kappa shape index (κ2) is 4.13. The minimum absolute atomic E-state index is 0.0486. The third-order valence-corrected chi connectivity index (χ3v) is 1.10. The van der Waals surface area contributed by atoms with E-state index in [4.69, 9.17) is 0 Å².